The lowest BCUT2D eigenvalue weighted by Crippen LogP contribution is -2.37. The molecule has 0 spiro atoms. The van der Waals surface area contributed by atoms with Gasteiger partial charge in [-0.1, -0.05) is 0 Å². The first-order valence-corrected chi connectivity index (χ1v) is 5.89. The molecule has 1 saturated carbocycles. The summed E-state index contributed by atoms with van der Waals surface area (Å²) in [5.41, 5.74) is 0. The number of carbonyl (C=O) groups is 2. The van der Waals surface area contributed by atoms with E-state index < -0.39 is 12.0 Å². The number of amides is 1. The van der Waals surface area contributed by atoms with Crippen molar-refractivity contribution in [1.29, 1.82) is 0 Å². The Morgan fingerprint density at radius 1 is 1.62 bits per heavy atom. The molecular formula is C10H12N2O3S. The SMILES string of the molecule is C[C@@H](NC(=O)c1cnc(C2CC2)s1)C(=O)O. The molecule has 16 heavy (non-hydrogen) atoms. The quantitative estimate of drug-likeness (QED) is 0.829. The topological polar surface area (TPSA) is 79.3 Å². The van der Waals surface area contributed by atoms with Gasteiger partial charge in [-0.15, -0.1) is 11.3 Å². The molecule has 6 heteroatoms. The van der Waals surface area contributed by atoms with Gasteiger partial charge in [0, 0.05) is 5.92 Å². The van der Waals surface area contributed by atoms with Gasteiger partial charge in [-0.05, 0) is 19.8 Å². The Bertz CT molecular complexity index is 425. The third-order valence-electron chi connectivity index (χ3n) is 2.39. The van der Waals surface area contributed by atoms with E-state index in [2.05, 4.69) is 10.3 Å². The molecule has 2 N–H and O–H groups in total. The van der Waals surface area contributed by atoms with Crippen molar-refractivity contribution >= 4 is 23.2 Å². The van der Waals surface area contributed by atoms with Crippen LogP contribution in [-0.2, 0) is 4.79 Å². The molecule has 5 nitrogen and oxygen atoms in total. The Labute approximate surface area is 96.5 Å². The predicted octanol–water partition coefficient (Wildman–Crippen LogP) is 1.22. The monoisotopic (exact) mass is 240 g/mol. The van der Waals surface area contributed by atoms with Crippen molar-refractivity contribution in [3.8, 4) is 0 Å². The van der Waals surface area contributed by atoms with Crippen LogP contribution >= 0.6 is 11.3 Å². The third kappa shape index (κ3) is 2.38. The van der Waals surface area contributed by atoms with Crippen LogP contribution in [0.3, 0.4) is 0 Å². The average molecular weight is 240 g/mol. The molecule has 1 amide bonds. The van der Waals surface area contributed by atoms with E-state index in [9.17, 15) is 9.59 Å². The number of nitrogens with zero attached hydrogens (tertiary/aromatic N) is 1. The van der Waals surface area contributed by atoms with E-state index in [0.29, 0.717) is 10.8 Å². The first-order chi connectivity index (χ1) is 7.58. The van der Waals surface area contributed by atoms with Gasteiger partial charge in [0.25, 0.3) is 5.91 Å². The second-order valence-electron chi connectivity index (χ2n) is 3.87. The maximum absolute atomic E-state index is 11.6. The van der Waals surface area contributed by atoms with E-state index in [0.717, 1.165) is 17.8 Å². The summed E-state index contributed by atoms with van der Waals surface area (Å²) in [6.07, 6.45) is 3.79. The first-order valence-electron chi connectivity index (χ1n) is 5.07. The number of carboxylic acids is 1. The molecule has 1 atom stereocenters. The van der Waals surface area contributed by atoms with Crippen molar-refractivity contribution in [2.24, 2.45) is 0 Å². The van der Waals surface area contributed by atoms with Crippen LogP contribution in [0.4, 0.5) is 0 Å². The summed E-state index contributed by atoms with van der Waals surface area (Å²) >= 11 is 1.35. The maximum atomic E-state index is 11.6. The number of rotatable bonds is 4. The molecule has 0 saturated heterocycles. The molecule has 1 aromatic rings. The van der Waals surface area contributed by atoms with Gasteiger partial charge in [0.15, 0.2) is 0 Å². The molecule has 1 aliphatic carbocycles. The summed E-state index contributed by atoms with van der Waals surface area (Å²) in [6.45, 7) is 1.43. The zero-order chi connectivity index (χ0) is 11.7. The molecule has 1 aliphatic rings. The summed E-state index contributed by atoms with van der Waals surface area (Å²) in [7, 11) is 0. The van der Waals surface area contributed by atoms with Crippen molar-refractivity contribution in [2.45, 2.75) is 31.7 Å². The third-order valence-corrected chi connectivity index (χ3v) is 3.55. The average Bonchev–Trinajstić information content (AvgIpc) is 2.96. The molecule has 1 heterocycles. The highest BCUT2D eigenvalue weighted by molar-refractivity contribution is 7.13. The number of aromatic nitrogens is 1. The summed E-state index contributed by atoms with van der Waals surface area (Å²) in [6, 6.07) is -0.876. The van der Waals surface area contributed by atoms with Gasteiger partial charge in [-0.3, -0.25) is 9.59 Å². The van der Waals surface area contributed by atoms with Crippen LogP contribution in [0, 0.1) is 0 Å². The van der Waals surface area contributed by atoms with Crippen LogP contribution in [0.1, 0.15) is 40.4 Å². The van der Waals surface area contributed by atoms with Crippen LogP contribution < -0.4 is 5.32 Å². The summed E-state index contributed by atoms with van der Waals surface area (Å²) < 4.78 is 0. The predicted molar refractivity (Wildman–Crippen MR) is 58.7 cm³/mol. The molecule has 86 valence electrons. The summed E-state index contributed by atoms with van der Waals surface area (Å²) in [5, 5.41) is 12.0. The fourth-order valence-electron chi connectivity index (χ4n) is 1.24. The number of nitrogens with one attached hydrogen (secondary N) is 1. The van der Waals surface area contributed by atoms with Crippen LogP contribution in [0.15, 0.2) is 6.20 Å². The van der Waals surface area contributed by atoms with E-state index >= 15 is 0 Å². The van der Waals surface area contributed by atoms with E-state index in [1.54, 1.807) is 0 Å². The van der Waals surface area contributed by atoms with E-state index in [1.165, 1.54) is 24.5 Å². The minimum atomic E-state index is -1.04. The van der Waals surface area contributed by atoms with Gasteiger partial charge in [0.05, 0.1) is 11.2 Å². The van der Waals surface area contributed by atoms with Crippen molar-refractivity contribution in [2.75, 3.05) is 0 Å². The lowest BCUT2D eigenvalue weighted by molar-refractivity contribution is -0.138. The lowest BCUT2D eigenvalue weighted by atomic mass is 10.3. The van der Waals surface area contributed by atoms with Crippen LogP contribution in [0.2, 0.25) is 0 Å². The zero-order valence-corrected chi connectivity index (χ0v) is 9.58. The Balaban J connectivity index is 1.99. The zero-order valence-electron chi connectivity index (χ0n) is 8.77. The molecule has 0 aliphatic heterocycles. The minimum Gasteiger partial charge on any atom is -0.480 e. The second kappa shape index (κ2) is 4.21. The highest BCUT2D eigenvalue weighted by Crippen LogP contribution is 2.41. The van der Waals surface area contributed by atoms with E-state index in [4.69, 9.17) is 5.11 Å². The largest absolute Gasteiger partial charge is 0.480 e. The molecule has 1 fully saturated rings. The molecule has 0 radical (unpaired) electrons. The number of carbonyl (C=O) groups excluding carboxylic acids is 1. The van der Waals surface area contributed by atoms with Crippen molar-refractivity contribution < 1.29 is 14.7 Å². The van der Waals surface area contributed by atoms with Gasteiger partial charge in [0.1, 0.15) is 10.9 Å². The maximum Gasteiger partial charge on any atom is 0.325 e. The van der Waals surface area contributed by atoms with E-state index in [1.807, 2.05) is 0 Å². The summed E-state index contributed by atoms with van der Waals surface area (Å²) in [5.74, 6) is -0.886. The smallest absolute Gasteiger partial charge is 0.325 e. The van der Waals surface area contributed by atoms with Crippen LogP contribution in [0.25, 0.3) is 0 Å². The molecule has 0 unspecified atom stereocenters. The Morgan fingerprint density at radius 2 is 2.31 bits per heavy atom. The highest BCUT2D eigenvalue weighted by atomic mass is 32.1. The van der Waals surface area contributed by atoms with Gasteiger partial charge >= 0.3 is 5.97 Å². The molecular weight excluding hydrogens is 228 g/mol. The fourth-order valence-corrected chi connectivity index (χ4v) is 2.23. The fraction of sp³-hybridized carbons (Fsp3) is 0.500. The number of hydrogen-bond donors (Lipinski definition) is 2. The number of aliphatic carboxylic acids is 1. The molecule has 0 aromatic carbocycles. The number of carboxylic acid groups (broad SMARTS) is 1. The van der Waals surface area contributed by atoms with Crippen LogP contribution in [-0.4, -0.2) is 28.0 Å². The molecule has 0 bridgehead atoms. The molecule has 2 rings (SSSR count). The highest BCUT2D eigenvalue weighted by Gasteiger charge is 2.27. The Morgan fingerprint density at radius 3 is 2.88 bits per heavy atom. The van der Waals surface area contributed by atoms with E-state index in [-0.39, 0.29) is 5.91 Å². The van der Waals surface area contributed by atoms with Crippen molar-refractivity contribution in [1.82, 2.24) is 10.3 Å². The standard InChI is InChI=1S/C10H12N2O3S/c1-5(10(14)15)12-8(13)7-4-11-9(16-7)6-2-3-6/h4-6H,2-3H2,1H3,(H,12,13)(H,14,15)/t5-/m1/s1. The Kier molecular flexibility index (Phi) is 2.91. The first kappa shape index (κ1) is 11.1. The Hall–Kier alpha value is -1.43. The van der Waals surface area contributed by atoms with Gasteiger partial charge in [-0.2, -0.15) is 0 Å². The number of hydrogen-bond acceptors (Lipinski definition) is 4. The number of thiazole rings is 1. The van der Waals surface area contributed by atoms with Gasteiger partial charge < -0.3 is 10.4 Å². The van der Waals surface area contributed by atoms with Crippen molar-refractivity contribution in [3.63, 3.8) is 0 Å². The van der Waals surface area contributed by atoms with Crippen LogP contribution in [0.5, 0.6) is 0 Å². The minimum absolute atomic E-state index is 0.362. The lowest BCUT2D eigenvalue weighted by Gasteiger charge is -2.06. The molecule has 1 aromatic heterocycles. The second-order valence-corrected chi connectivity index (χ2v) is 4.93. The summed E-state index contributed by atoms with van der Waals surface area (Å²) in [4.78, 5) is 26.8. The van der Waals surface area contributed by atoms with Gasteiger partial charge in [-0.25, -0.2) is 4.98 Å². The van der Waals surface area contributed by atoms with Crippen molar-refractivity contribution in [3.05, 3.63) is 16.1 Å². The normalized spacial score (nSPS) is 16.8. The van der Waals surface area contributed by atoms with Gasteiger partial charge in [0.2, 0.25) is 0 Å².